The zero-order valence-electron chi connectivity index (χ0n) is 2.64. The molecule has 0 aliphatic heterocycles. The average Bonchev–Trinajstić information content (AvgIpc) is 0. The fraction of sp³-hybridized carbons (Fsp3) is 0. The third-order valence-corrected chi connectivity index (χ3v) is 0. The minimum absolute atomic E-state index is 0. The summed E-state index contributed by atoms with van der Waals surface area (Å²) in [6, 6.07) is 0. The summed E-state index contributed by atoms with van der Waals surface area (Å²) in [4.78, 5) is 0. The third-order valence-electron chi connectivity index (χ3n) is 0. The first-order valence-corrected chi connectivity index (χ1v) is 0. The molecule has 0 amide bonds. The molecule has 0 aliphatic carbocycles. The molecule has 0 nitrogen and oxygen atoms in total. The van der Waals surface area contributed by atoms with Crippen molar-refractivity contribution in [3.63, 3.8) is 0 Å². The van der Waals surface area contributed by atoms with Gasteiger partial charge < -0.3 is 40.5 Å². The van der Waals surface area contributed by atoms with Crippen LogP contribution in [-0.2, 0) is 40.5 Å². The molecule has 0 saturated heterocycles. The number of rotatable bonds is 0. The first-order valence-electron chi connectivity index (χ1n) is 0. The molecule has 0 bridgehead atoms. The van der Waals surface area contributed by atoms with E-state index >= 15 is 0 Å². The van der Waals surface area contributed by atoms with E-state index in [2.05, 4.69) is 0 Å². The predicted octanol–water partition coefficient (Wildman–Crippen LogP) is -2.38. The third kappa shape index (κ3) is 22.8. The molecule has 0 rings (SSSR count). The summed E-state index contributed by atoms with van der Waals surface area (Å²) in [5.74, 6) is 0. The number of hydrogen-bond donors (Lipinski definition) is 0. The van der Waals surface area contributed by atoms with Gasteiger partial charge in [-0.3, -0.25) is 0 Å². The van der Waals surface area contributed by atoms with Crippen molar-refractivity contribution in [1.29, 1.82) is 0 Å². The molecule has 34 valence electrons. The summed E-state index contributed by atoms with van der Waals surface area (Å²) < 4.78 is 0. The van der Waals surface area contributed by atoms with Crippen molar-refractivity contribution in [1.82, 2.24) is 0 Å². The average molecular weight is 252 g/mol. The van der Waals surface area contributed by atoms with Gasteiger partial charge in [0.25, 0.3) is 0 Å². The van der Waals surface area contributed by atoms with E-state index in [0.717, 1.165) is 0 Å². The summed E-state index contributed by atoms with van der Waals surface area (Å²) in [5.41, 5.74) is 0. The Morgan fingerprint density at radius 2 is 0.400 bits per heavy atom. The normalized spacial score (nSPS) is 0. The van der Waals surface area contributed by atoms with Crippen molar-refractivity contribution < 1.29 is 0 Å². The molecule has 0 aromatic heterocycles. The van der Waals surface area contributed by atoms with E-state index in [9.17, 15) is 0 Å². The first kappa shape index (κ1) is 58.0. The molecule has 0 N–H and O–H groups in total. The Morgan fingerprint density at radius 3 is 0.400 bits per heavy atom. The summed E-state index contributed by atoms with van der Waals surface area (Å²) in [6.07, 6.45) is 0. The van der Waals surface area contributed by atoms with Gasteiger partial charge in [-0.15, -0.1) is 0 Å². The molecule has 2 unspecified atom stereocenters. The molecular formula is H6As2S3. The van der Waals surface area contributed by atoms with Crippen LogP contribution in [0.15, 0.2) is 0 Å². The maximum atomic E-state index is 0. The second kappa shape index (κ2) is 35.1. The van der Waals surface area contributed by atoms with Crippen LogP contribution in [-0.4, -0.2) is 35.9 Å². The molecule has 0 spiro atoms. The van der Waals surface area contributed by atoms with Gasteiger partial charge in [-0.2, -0.15) is 0 Å². The van der Waals surface area contributed by atoms with Crippen molar-refractivity contribution >= 4 is 76.4 Å². The van der Waals surface area contributed by atoms with Gasteiger partial charge in [-0.05, 0) is 0 Å². The van der Waals surface area contributed by atoms with Crippen molar-refractivity contribution in [3.8, 4) is 0 Å². The summed E-state index contributed by atoms with van der Waals surface area (Å²) in [6.45, 7) is 0. The van der Waals surface area contributed by atoms with Gasteiger partial charge in [-0.25, -0.2) is 0 Å². The Labute approximate surface area is 75.8 Å². The summed E-state index contributed by atoms with van der Waals surface area (Å²) in [7, 11) is 0. The van der Waals surface area contributed by atoms with Crippen molar-refractivity contribution in [2.45, 2.75) is 0 Å². The molecule has 2 atom stereocenters. The zero-order valence-corrected chi connectivity index (χ0v) is 11.0. The fourth-order valence-electron chi connectivity index (χ4n) is 0. The molecule has 0 aliphatic rings. The Hall–Kier alpha value is 2.17. The summed E-state index contributed by atoms with van der Waals surface area (Å²) >= 11 is 0. The van der Waals surface area contributed by atoms with Crippen LogP contribution in [0.2, 0.25) is 0 Å². The van der Waals surface area contributed by atoms with Gasteiger partial charge >= 0.3 is 35.9 Å². The van der Waals surface area contributed by atoms with Gasteiger partial charge in [0.05, 0.1) is 0 Å². The van der Waals surface area contributed by atoms with E-state index in [1.165, 1.54) is 0 Å². The van der Waals surface area contributed by atoms with Crippen LogP contribution >= 0.6 is 0 Å². The molecule has 0 fully saturated rings. The standard InChI is InChI=1S/2AsH3.3S/h2*1H3;;;/q2*+3;3*-2. The van der Waals surface area contributed by atoms with E-state index in [4.69, 9.17) is 0 Å². The smallest absolute Gasteiger partial charge is 2.00 e. The van der Waals surface area contributed by atoms with Crippen molar-refractivity contribution in [2.24, 2.45) is 0 Å². The SMILES string of the molecule is [AsH3+3].[AsH3+3].[S-2].[S-2].[S-2]. The predicted molar refractivity (Wildman–Crippen MR) is 42.0 cm³/mol. The van der Waals surface area contributed by atoms with Gasteiger partial charge in [0.2, 0.25) is 0 Å². The second-order valence-corrected chi connectivity index (χ2v) is 0. The second-order valence-electron chi connectivity index (χ2n) is 0. The Balaban J connectivity index is 0. The molecule has 0 aromatic carbocycles. The van der Waals surface area contributed by atoms with E-state index in [-0.39, 0.29) is 76.4 Å². The molecule has 5 heteroatoms. The molecule has 0 heterocycles. The zero-order chi connectivity index (χ0) is 0. The minimum atomic E-state index is 0. The largest absolute Gasteiger partial charge is 2.00 e. The minimum Gasteiger partial charge on any atom is -2.00 e. The van der Waals surface area contributed by atoms with Crippen LogP contribution in [0.1, 0.15) is 0 Å². The van der Waals surface area contributed by atoms with Gasteiger partial charge in [-0.1, -0.05) is 0 Å². The maximum absolute atomic E-state index is 0. The first-order chi connectivity index (χ1) is 0. The van der Waals surface area contributed by atoms with Gasteiger partial charge in [0.1, 0.15) is 0 Å². The maximum Gasteiger partial charge on any atom is -2.00 e. The van der Waals surface area contributed by atoms with Crippen LogP contribution in [0.25, 0.3) is 0 Å². The van der Waals surface area contributed by atoms with Crippen molar-refractivity contribution in [3.05, 3.63) is 0 Å². The van der Waals surface area contributed by atoms with Crippen LogP contribution in [0.4, 0.5) is 0 Å². The molecular weight excluding hydrogens is 246 g/mol. The van der Waals surface area contributed by atoms with Gasteiger partial charge in [0.15, 0.2) is 0 Å². The quantitative estimate of drug-likeness (QED) is 0.423. The van der Waals surface area contributed by atoms with E-state index < -0.39 is 0 Å². The molecule has 0 aromatic rings. The Kier molecular flexibility index (Phi) is 407. The molecule has 5 heavy (non-hydrogen) atoms. The molecule has 0 saturated carbocycles. The summed E-state index contributed by atoms with van der Waals surface area (Å²) in [5, 5.41) is 0. The topological polar surface area (TPSA) is 0 Å². The van der Waals surface area contributed by atoms with E-state index in [1.54, 1.807) is 0 Å². The van der Waals surface area contributed by atoms with E-state index in [1.807, 2.05) is 0 Å². The van der Waals surface area contributed by atoms with Crippen LogP contribution < -0.4 is 0 Å². The monoisotopic (exact) mass is 252 g/mol. The van der Waals surface area contributed by atoms with Gasteiger partial charge in [0, 0.05) is 0 Å². The Morgan fingerprint density at radius 1 is 0.400 bits per heavy atom. The molecule has 6 radical (unpaired) electrons. The van der Waals surface area contributed by atoms with Crippen LogP contribution in [0, 0.1) is 0 Å². The van der Waals surface area contributed by atoms with Crippen LogP contribution in [0.3, 0.4) is 0 Å². The fourth-order valence-corrected chi connectivity index (χ4v) is 0. The van der Waals surface area contributed by atoms with Crippen LogP contribution in [0.5, 0.6) is 0 Å². The van der Waals surface area contributed by atoms with Crippen molar-refractivity contribution in [2.75, 3.05) is 0 Å². The van der Waals surface area contributed by atoms with E-state index in [0.29, 0.717) is 0 Å². The Bertz CT molecular complexity index is 4.85. The number of hydrogen-bond acceptors (Lipinski definition) is 0.